The van der Waals surface area contributed by atoms with Crippen LogP contribution in [0.3, 0.4) is 0 Å². The van der Waals surface area contributed by atoms with Crippen molar-refractivity contribution in [1.82, 2.24) is 4.98 Å². The molecule has 0 radical (unpaired) electrons. The van der Waals surface area contributed by atoms with E-state index in [1.165, 1.54) is 13.0 Å². The van der Waals surface area contributed by atoms with Gasteiger partial charge < -0.3 is 4.74 Å². The fourth-order valence-electron chi connectivity index (χ4n) is 1.12. The van der Waals surface area contributed by atoms with Crippen molar-refractivity contribution in [1.29, 1.82) is 0 Å². The van der Waals surface area contributed by atoms with Gasteiger partial charge in [0.25, 0.3) is 0 Å². The quantitative estimate of drug-likeness (QED) is 0.334. The summed E-state index contributed by atoms with van der Waals surface area (Å²) in [5.74, 6) is -0.940. The third-order valence-electron chi connectivity index (χ3n) is 1.85. The molecule has 0 aromatic carbocycles. The van der Waals surface area contributed by atoms with Crippen LogP contribution in [0.2, 0.25) is 0 Å². The minimum atomic E-state index is -0.611. The Morgan fingerprint density at radius 3 is 2.69 bits per heavy atom. The molecule has 84 valence electrons. The molecule has 0 saturated carbocycles. The van der Waals surface area contributed by atoms with E-state index in [0.717, 1.165) is 0 Å². The highest BCUT2D eigenvalue weighted by Crippen LogP contribution is 2.07. The lowest BCUT2D eigenvalue weighted by atomic mass is 10.1. The molecule has 0 fully saturated rings. The third kappa shape index (κ3) is 3.31. The maximum Gasteiger partial charge on any atom is 0.341 e. The van der Waals surface area contributed by atoms with E-state index < -0.39 is 5.97 Å². The molecule has 0 aliphatic carbocycles. The Bertz CT molecular complexity index is 410. The molecular weight excluding hydrogens is 206 g/mol. The smallest absolute Gasteiger partial charge is 0.341 e. The van der Waals surface area contributed by atoms with Crippen LogP contribution < -0.4 is 0 Å². The van der Waals surface area contributed by atoms with Crippen molar-refractivity contribution in [2.24, 2.45) is 0 Å². The van der Waals surface area contributed by atoms with Crippen molar-refractivity contribution in [2.75, 3.05) is 6.61 Å². The van der Waals surface area contributed by atoms with Gasteiger partial charge >= 0.3 is 5.97 Å². The van der Waals surface area contributed by atoms with E-state index in [-0.39, 0.29) is 18.0 Å². The lowest BCUT2D eigenvalue weighted by Gasteiger charge is -2.02. The van der Waals surface area contributed by atoms with Crippen molar-refractivity contribution < 1.29 is 14.3 Å². The van der Waals surface area contributed by atoms with Gasteiger partial charge in [-0.05, 0) is 32.1 Å². The molecule has 0 unspecified atom stereocenters. The van der Waals surface area contributed by atoms with Gasteiger partial charge in [-0.1, -0.05) is 6.07 Å². The predicted octanol–water partition coefficient (Wildman–Crippen LogP) is 1.62. The Morgan fingerprint density at radius 2 is 2.19 bits per heavy atom. The average molecular weight is 219 g/mol. The van der Waals surface area contributed by atoms with E-state index in [4.69, 9.17) is 4.74 Å². The Hall–Kier alpha value is -1.97. The first-order valence-corrected chi connectivity index (χ1v) is 4.96. The lowest BCUT2D eigenvalue weighted by Crippen LogP contribution is -2.13. The summed E-state index contributed by atoms with van der Waals surface area (Å²) in [4.78, 5) is 26.7. The van der Waals surface area contributed by atoms with E-state index in [9.17, 15) is 9.59 Å². The van der Waals surface area contributed by atoms with Gasteiger partial charge in [0, 0.05) is 6.20 Å². The first-order chi connectivity index (χ1) is 7.65. The molecule has 0 amide bonds. The number of esters is 1. The van der Waals surface area contributed by atoms with Gasteiger partial charge in [0.15, 0.2) is 5.78 Å². The van der Waals surface area contributed by atoms with Gasteiger partial charge in [-0.25, -0.2) is 4.79 Å². The molecule has 0 aliphatic rings. The molecule has 0 spiro atoms. The second-order valence-corrected chi connectivity index (χ2v) is 3.09. The van der Waals surface area contributed by atoms with Gasteiger partial charge in [-0.3, -0.25) is 9.78 Å². The van der Waals surface area contributed by atoms with Gasteiger partial charge in [-0.2, -0.15) is 0 Å². The topological polar surface area (TPSA) is 56.3 Å². The van der Waals surface area contributed by atoms with E-state index in [1.807, 2.05) is 0 Å². The molecule has 4 heteroatoms. The second-order valence-electron chi connectivity index (χ2n) is 3.09. The van der Waals surface area contributed by atoms with Crippen LogP contribution >= 0.6 is 0 Å². The molecule has 4 nitrogen and oxygen atoms in total. The standard InChI is InChI=1S/C12H13NO3/c1-3-16-12(15)11(9(2)14)8-10-6-4-5-7-13-10/h4-8H,3H2,1-2H3/b11-8+. The summed E-state index contributed by atoms with van der Waals surface area (Å²) in [6.07, 6.45) is 3.02. The number of aromatic nitrogens is 1. The zero-order valence-corrected chi connectivity index (χ0v) is 9.27. The molecule has 0 atom stereocenters. The number of Topliss-reactive ketones (excluding diaryl/α,β-unsaturated/α-hetero) is 1. The summed E-state index contributed by atoms with van der Waals surface area (Å²) in [6.45, 7) is 3.26. The zero-order valence-electron chi connectivity index (χ0n) is 9.27. The number of carbonyl (C=O) groups excluding carboxylic acids is 2. The largest absolute Gasteiger partial charge is 0.462 e. The normalized spacial score (nSPS) is 11.0. The van der Waals surface area contributed by atoms with E-state index >= 15 is 0 Å². The maximum atomic E-state index is 11.4. The van der Waals surface area contributed by atoms with Crippen molar-refractivity contribution >= 4 is 17.8 Å². The van der Waals surface area contributed by atoms with Crippen molar-refractivity contribution in [3.05, 3.63) is 35.7 Å². The number of pyridine rings is 1. The van der Waals surface area contributed by atoms with Crippen LogP contribution in [0.1, 0.15) is 19.5 Å². The van der Waals surface area contributed by atoms with Crippen molar-refractivity contribution in [3.63, 3.8) is 0 Å². The highest BCUT2D eigenvalue weighted by molar-refractivity contribution is 6.19. The average Bonchev–Trinajstić information content (AvgIpc) is 2.27. The fourth-order valence-corrected chi connectivity index (χ4v) is 1.12. The van der Waals surface area contributed by atoms with Crippen molar-refractivity contribution in [2.45, 2.75) is 13.8 Å². The van der Waals surface area contributed by atoms with E-state index in [1.54, 1.807) is 31.3 Å². The Balaban J connectivity index is 2.99. The highest BCUT2D eigenvalue weighted by Gasteiger charge is 2.15. The molecule has 16 heavy (non-hydrogen) atoms. The van der Waals surface area contributed by atoms with Crippen LogP contribution in [-0.4, -0.2) is 23.3 Å². The Morgan fingerprint density at radius 1 is 1.44 bits per heavy atom. The van der Waals surface area contributed by atoms with Crippen LogP contribution in [0.5, 0.6) is 0 Å². The minimum absolute atomic E-state index is 0.0144. The second kappa shape index (κ2) is 5.80. The van der Waals surface area contributed by atoms with Crippen LogP contribution in [0, 0.1) is 0 Å². The molecule has 0 saturated heterocycles. The van der Waals surface area contributed by atoms with Gasteiger partial charge in [0.05, 0.1) is 12.3 Å². The van der Waals surface area contributed by atoms with E-state index in [2.05, 4.69) is 4.98 Å². The van der Waals surface area contributed by atoms with Gasteiger partial charge in [0.2, 0.25) is 0 Å². The van der Waals surface area contributed by atoms with Crippen LogP contribution in [0.25, 0.3) is 6.08 Å². The van der Waals surface area contributed by atoms with E-state index in [0.29, 0.717) is 5.69 Å². The van der Waals surface area contributed by atoms with Gasteiger partial charge in [-0.15, -0.1) is 0 Å². The van der Waals surface area contributed by atoms with Crippen LogP contribution in [0.4, 0.5) is 0 Å². The molecular formula is C12H13NO3. The number of nitrogens with zero attached hydrogens (tertiary/aromatic N) is 1. The molecule has 1 aromatic rings. The van der Waals surface area contributed by atoms with Crippen LogP contribution in [-0.2, 0) is 14.3 Å². The number of ketones is 1. The molecule has 1 rings (SSSR count). The zero-order chi connectivity index (χ0) is 12.0. The minimum Gasteiger partial charge on any atom is -0.462 e. The summed E-state index contributed by atoms with van der Waals surface area (Å²) in [5.41, 5.74) is 0.571. The van der Waals surface area contributed by atoms with Gasteiger partial charge in [0.1, 0.15) is 5.57 Å². The molecule has 0 N–H and O–H groups in total. The Kier molecular flexibility index (Phi) is 4.39. The molecule has 0 bridgehead atoms. The maximum absolute atomic E-state index is 11.4. The summed E-state index contributed by atoms with van der Waals surface area (Å²) < 4.78 is 4.78. The third-order valence-corrected chi connectivity index (χ3v) is 1.85. The number of hydrogen-bond donors (Lipinski definition) is 0. The predicted molar refractivity (Wildman–Crippen MR) is 59.5 cm³/mol. The van der Waals surface area contributed by atoms with Crippen molar-refractivity contribution in [3.8, 4) is 0 Å². The molecule has 1 heterocycles. The summed E-state index contributed by atoms with van der Waals surface area (Å²) in [7, 11) is 0. The number of hydrogen-bond acceptors (Lipinski definition) is 4. The monoisotopic (exact) mass is 219 g/mol. The Labute approximate surface area is 94.0 Å². The lowest BCUT2D eigenvalue weighted by molar-refractivity contribution is -0.139. The summed E-state index contributed by atoms with van der Waals surface area (Å²) in [6, 6.07) is 5.25. The fraction of sp³-hybridized carbons (Fsp3) is 0.250. The number of carbonyl (C=O) groups is 2. The summed E-state index contributed by atoms with van der Waals surface area (Å²) in [5, 5.41) is 0. The van der Waals surface area contributed by atoms with Crippen LogP contribution in [0.15, 0.2) is 30.0 Å². The first kappa shape index (κ1) is 12.1. The highest BCUT2D eigenvalue weighted by atomic mass is 16.5. The SMILES string of the molecule is CCOC(=O)/C(=C/c1ccccn1)C(C)=O. The molecule has 0 aliphatic heterocycles. The summed E-state index contributed by atoms with van der Waals surface area (Å²) >= 11 is 0. The first-order valence-electron chi connectivity index (χ1n) is 4.96. The molecule has 1 aromatic heterocycles. The number of rotatable bonds is 4. The number of ether oxygens (including phenoxy) is 1.